The molecule has 0 saturated carbocycles. The Morgan fingerprint density at radius 2 is 1.62 bits per heavy atom. The van der Waals surface area contributed by atoms with Crippen molar-refractivity contribution < 1.29 is 27.1 Å². The van der Waals surface area contributed by atoms with Crippen LogP contribution >= 0.6 is 0 Å². The van der Waals surface area contributed by atoms with E-state index in [1.54, 1.807) is 0 Å². The summed E-state index contributed by atoms with van der Waals surface area (Å²) in [6.45, 7) is 3.91. The Hall–Kier alpha value is -2.46. The van der Waals surface area contributed by atoms with E-state index in [4.69, 9.17) is 22.3 Å². The first-order valence-electron chi connectivity index (χ1n) is 10.8. The molecule has 2 bridgehead atoms. The van der Waals surface area contributed by atoms with E-state index >= 15 is 0 Å². The molecular weight excluding hydrogens is 432 g/mol. The standard InChI is InChI=1S/C23H26N2O2.H2O4S/c26-23(27-21-16-24-13-10-18(21)11-14-24)25-15-12-17-6-4-5-9-20(17)22(25)19-7-2-1-3-8-19;1-5(2,3)4/h1-9,18,21-22H,10-16H2;(H2,1,2,3,4)/p-1/t21-,22-;/m0./s1. The monoisotopic (exact) mass is 459 g/mol. The summed E-state index contributed by atoms with van der Waals surface area (Å²) in [7, 11) is -4.92. The highest BCUT2D eigenvalue weighted by Gasteiger charge is 2.39. The first kappa shape index (κ1) is 22.7. The lowest BCUT2D eigenvalue weighted by Gasteiger charge is -2.45. The number of hydrogen-bond donors (Lipinski definition) is 1. The predicted molar refractivity (Wildman–Crippen MR) is 117 cm³/mol. The molecule has 0 aliphatic carbocycles. The zero-order valence-electron chi connectivity index (χ0n) is 17.7. The number of amides is 1. The molecule has 2 aromatic carbocycles. The van der Waals surface area contributed by atoms with Gasteiger partial charge in [-0.15, -0.1) is 0 Å². The van der Waals surface area contributed by atoms with E-state index in [9.17, 15) is 4.79 Å². The number of hydrogen-bond acceptors (Lipinski definition) is 6. The molecule has 3 fully saturated rings. The quantitative estimate of drug-likeness (QED) is 0.543. The number of benzene rings is 2. The van der Waals surface area contributed by atoms with Crippen LogP contribution in [0.5, 0.6) is 0 Å². The van der Waals surface area contributed by atoms with E-state index in [2.05, 4.69) is 41.3 Å². The summed E-state index contributed by atoms with van der Waals surface area (Å²) < 4.78 is 38.9. The second kappa shape index (κ2) is 9.58. The van der Waals surface area contributed by atoms with Gasteiger partial charge in [0.25, 0.3) is 0 Å². The Morgan fingerprint density at radius 3 is 2.25 bits per heavy atom. The molecule has 2 aromatic rings. The van der Waals surface area contributed by atoms with Gasteiger partial charge in [-0.3, -0.25) is 14.4 Å². The van der Waals surface area contributed by atoms with Crippen LogP contribution in [0, 0.1) is 5.92 Å². The van der Waals surface area contributed by atoms with Crippen LogP contribution in [0.1, 0.15) is 35.6 Å². The molecule has 9 heteroatoms. The van der Waals surface area contributed by atoms with Crippen LogP contribution in [0.15, 0.2) is 54.6 Å². The van der Waals surface area contributed by atoms with E-state index in [1.807, 2.05) is 23.1 Å². The molecule has 6 rings (SSSR count). The Kier molecular flexibility index (Phi) is 6.80. The zero-order chi connectivity index (χ0) is 22.7. The highest BCUT2D eigenvalue weighted by molar-refractivity contribution is 7.79. The maximum atomic E-state index is 13.2. The lowest BCUT2D eigenvalue weighted by Crippen LogP contribution is -2.53. The first-order chi connectivity index (χ1) is 15.3. The average molecular weight is 460 g/mol. The summed E-state index contributed by atoms with van der Waals surface area (Å²) in [6, 6.07) is 18.8. The number of nitrogens with zero attached hydrogens (tertiary/aromatic N) is 2. The van der Waals surface area contributed by atoms with Crippen LogP contribution < -0.4 is 0 Å². The van der Waals surface area contributed by atoms with Crippen LogP contribution in [-0.2, 0) is 21.6 Å². The van der Waals surface area contributed by atoms with Gasteiger partial charge in [0.2, 0.25) is 10.4 Å². The van der Waals surface area contributed by atoms with Crippen molar-refractivity contribution in [2.75, 3.05) is 26.2 Å². The molecule has 0 aromatic heterocycles. The van der Waals surface area contributed by atoms with Gasteiger partial charge in [0.1, 0.15) is 6.10 Å². The van der Waals surface area contributed by atoms with Crippen LogP contribution in [0.4, 0.5) is 4.79 Å². The average Bonchev–Trinajstić information content (AvgIpc) is 2.78. The Morgan fingerprint density at radius 1 is 1.00 bits per heavy atom. The van der Waals surface area contributed by atoms with Crippen molar-refractivity contribution in [2.24, 2.45) is 5.92 Å². The third-order valence-corrected chi connectivity index (χ3v) is 6.48. The third-order valence-electron chi connectivity index (χ3n) is 6.48. The maximum Gasteiger partial charge on any atom is 0.410 e. The highest BCUT2D eigenvalue weighted by Crippen LogP contribution is 2.36. The number of carbonyl (C=O) groups is 1. The van der Waals surface area contributed by atoms with Gasteiger partial charge in [-0.2, -0.15) is 0 Å². The molecule has 8 nitrogen and oxygen atoms in total. The summed E-state index contributed by atoms with van der Waals surface area (Å²) in [5.41, 5.74) is 3.70. The zero-order valence-corrected chi connectivity index (χ0v) is 18.5. The van der Waals surface area contributed by atoms with Crippen molar-refractivity contribution in [2.45, 2.75) is 31.4 Å². The third kappa shape index (κ3) is 5.47. The summed E-state index contributed by atoms with van der Waals surface area (Å²) in [5.74, 6) is 0.534. The molecule has 4 heterocycles. The molecule has 0 radical (unpaired) electrons. The minimum absolute atomic E-state index is 0.0496. The molecule has 172 valence electrons. The highest BCUT2D eigenvalue weighted by atomic mass is 32.3. The normalized spacial score (nSPS) is 26.5. The fourth-order valence-electron chi connectivity index (χ4n) is 5.00. The molecule has 1 N–H and O–H groups in total. The van der Waals surface area contributed by atoms with Crippen LogP contribution in [0.3, 0.4) is 0 Å². The molecule has 4 aliphatic rings. The lowest BCUT2D eigenvalue weighted by molar-refractivity contribution is -0.0462. The molecule has 0 unspecified atom stereocenters. The smallest absolute Gasteiger partial charge is 0.410 e. The number of rotatable bonds is 2. The molecule has 2 atom stereocenters. The van der Waals surface area contributed by atoms with E-state index in [1.165, 1.54) is 11.1 Å². The molecule has 1 amide bonds. The van der Waals surface area contributed by atoms with Crippen LogP contribution in [-0.4, -0.2) is 65.7 Å². The van der Waals surface area contributed by atoms with E-state index in [0.717, 1.165) is 44.5 Å². The van der Waals surface area contributed by atoms with Crippen molar-refractivity contribution in [1.82, 2.24) is 9.80 Å². The van der Waals surface area contributed by atoms with Gasteiger partial charge in [0, 0.05) is 13.1 Å². The van der Waals surface area contributed by atoms with Gasteiger partial charge in [-0.05, 0) is 55.0 Å². The number of fused-ring (bicyclic) bond motifs is 4. The maximum absolute atomic E-state index is 13.2. The molecule has 3 saturated heterocycles. The summed E-state index contributed by atoms with van der Waals surface area (Å²) in [6.07, 6.45) is 3.09. The molecule has 0 spiro atoms. The first-order valence-corrected chi connectivity index (χ1v) is 12.2. The second-order valence-electron chi connectivity index (χ2n) is 8.44. The number of carbonyl (C=O) groups excluding carboxylic acids is 1. The van der Waals surface area contributed by atoms with Gasteiger partial charge >= 0.3 is 6.09 Å². The SMILES string of the molecule is O=C(O[C@H]1CN2CCC1CC2)N1CCc2ccccc2[C@@H]1c1ccccc1.O=S(=O)([O-])O. The van der Waals surface area contributed by atoms with E-state index < -0.39 is 10.4 Å². The largest absolute Gasteiger partial charge is 0.726 e. The van der Waals surface area contributed by atoms with Crippen LogP contribution in [0.2, 0.25) is 0 Å². The van der Waals surface area contributed by atoms with Gasteiger partial charge in [0.05, 0.1) is 6.04 Å². The van der Waals surface area contributed by atoms with E-state index in [0.29, 0.717) is 12.5 Å². The van der Waals surface area contributed by atoms with Gasteiger partial charge in [0.15, 0.2) is 0 Å². The molecule has 4 aliphatic heterocycles. The van der Waals surface area contributed by atoms with Gasteiger partial charge < -0.3 is 9.29 Å². The van der Waals surface area contributed by atoms with Crippen molar-refractivity contribution in [3.63, 3.8) is 0 Å². The predicted octanol–water partition coefficient (Wildman–Crippen LogP) is 2.87. The Balaban J connectivity index is 0.000000444. The molecular formula is C23H27N2O6S-. The van der Waals surface area contributed by atoms with Crippen molar-refractivity contribution in [1.29, 1.82) is 0 Å². The minimum atomic E-state index is -4.92. The topological polar surface area (TPSA) is 110 Å². The second-order valence-corrected chi connectivity index (χ2v) is 9.30. The summed E-state index contributed by atoms with van der Waals surface area (Å²) in [5, 5.41) is 0. The lowest BCUT2D eigenvalue weighted by atomic mass is 9.86. The summed E-state index contributed by atoms with van der Waals surface area (Å²) in [4.78, 5) is 17.6. The Bertz CT molecular complexity index is 1030. The Labute approximate surface area is 188 Å². The fraction of sp³-hybridized carbons (Fsp3) is 0.435. The summed E-state index contributed by atoms with van der Waals surface area (Å²) >= 11 is 0. The number of piperidine rings is 3. The molecule has 32 heavy (non-hydrogen) atoms. The van der Waals surface area contributed by atoms with Gasteiger partial charge in [-0.25, -0.2) is 13.2 Å². The van der Waals surface area contributed by atoms with E-state index in [-0.39, 0.29) is 18.2 Å². The minimum Gasteiger partial charge on any atom is -0.726 e. The number of ether oxygens (including phenoxy) is 1. The van der Waals surface area contributed by atoms with Gasteiger partial charge in [-0.1, -0.05) is 54.6 Å². The van der Waals surface area contributed by atoms with Crippen molar-refractivity contribution in [3.05, 3.63) is 71.3 Å². The van der Waals surface area contributed by atoms with Crippen molar-refractivity contribution >= 4 is 16.5 Å². The fourth-order valence-corrected chi connectivity index (χ4v) is 5.00. The van der Waals surface area contributed by atoms with Crippen LogP contribution in [0.25, 0.3) is 0 Å². The van der Waals surface area contributed by atoms with Crippen molar-refractivity contribution in [3.8, 4) is 0 Å².